The first kappa shape index (κ1) is 18.9. The number of amidine groups is 1. The Kier molecular flexibility index (Phi) is 6.51. The van der Waals surface area contributed by atoms with Crippen LogP contribution < -0.4 is 10.0 Å². The van der Waals surface area contributed by atoms with E-state index in [1.54, 1.807) is 18.2 Å². The topological polar surface area (TPSA) is 114 Å². The highest BCUT2D eigenvalue weighted by molar-refractivity contribution is 7.90. The molecular formula is C16H21N3O5S. The second-order valence-corrected chi connectivity index (χ2v) is 7.14. The molecule has 0 aliphatic carbocycles. The van der Waals surface area contributed by atoms with E-state index in [-0.39, 0.29) is 29.8 Å². The van der Waals surface area contributed by atoms with E-state index < -0.39 is 16.0 Å². The molecule has 0 fully saturated rings. The Morgan fingerprint density at radius 3 is 2.76 bits per heavy atom. The molecule has 136 valence electrons. The van der Waals surface area contributed by atoms with E-state index in [4.69, 9.17) is 4.74 Å². The van der Waals surface area contributed by atoms with Crippen molar-refractivity contribution in [3.05, 3.63) is 29.8 Å². The van der Waals surface area contributed by atoms with Crippen LogP contribution in [0.25, 0.3) is 0 Å². The third-order valence-electron chi connectivity index (χ3n) is 3.50. The molecule has 0 radical (unpaired) electrons. The second kappa shape index (κ2) is 8.61. The van der Waals surface area contributed by atoms with Crippen LogP contribution in [0.15, 0.2) is 34.2 Å². The summed E-state index contributed by atoms with van der Waals surface area (Å²) in [5.74, 6) is -0.986. The number of nitrogens with one attached hydrogen (secondary N) is 2. The van der Waals surface area contributed by atoms with Crippen LogP contribution in [-0.2, 0) is 24.3 Å². The fourth-order valence-corrected chi connectivity index (χ4v) is 3.49. The van der Waals surface area contributed by atoms with Gasteiger partial charge in [0.1, 0.15) is 12.4 Å². The summed E-state index contributed by atoms with van der Waals surface area (Å²) < 4.78 is 30.9. The van der Waals surface area contributed by atoms with Crippen molar-refractivity contribution < 1.29 is 22.7 Å². The van der Waals surface area contributed by atoms with E-state index in [0.717, 1.165) is 19.3 Å². The van der Waals surface area contributed by atoms with Gasteiger partial charge in [-0.2, -0.15) is 0 Å². The quantitative estimate of drug-likeness (QED) is 0.515. The number of hydrogen-bond donors (Lipinski definition) is 2. The van der Waals surface area contributed by atoms with Gasteiger partial charge in [0.15, 0.2) is 6.61 Å². The minimum absolute atomic E-state index is 0.0940. The van der Waals surface area contributed by atoms with Gasteiger partial charge in [0, 0.05) is 12.1 Å². The van der Waals surface area contributed by atoms with Gasteiger partial charge in [-0.05, 0) is 18.6 Å². The van der Waals surface area contributed by atoms with Gasteiger partial charge < -0.3 is 10.1 Å². The molecule has 9 heteroatoms. The Morgan fingerprint density at radius 2 is 2.00 bits per heavy atom. The maximum atomic E-state index is 11.9. The number of aliphatic imine (C=N–C) groups is 1. The van der Waals surface area contributed by atoms with E-state index in [2.05, 4.69) is 22.0 Å². The van der Waals surface area contributed by atoms with Crippen molar-refractivity contribution in [2.24, 2.45) is 4.99 Å². The molecule has 0 saturated heterocycles. The van der Waals surface area contributed by atoms with Crippen LogP contribution in [0.3, 0.4) is 0 Å². The zero-order chi connectivity index (χ0) is 18.3. The lowest BCUT2D eigenvalue weighted by Gasteiger charge is -2.05. The number of amides is 1. The molecule has 1 aromatic rings. The molecule has 1 heterocycles. The van der Waals surface area contributed by atoms with Crippen LogP contribution in [0.1, 0.15) is 31.7 Å². The van der Waals surface area contributed by atoms with Gasteiger partial charge >= 0.3 is 5.97 Å². The van der Waals surface area contributed by atoms with Crippen molar-refractivity contribution in [3.8, 4) is 0 Å². The Labute approximate surface area is 146 Å². The maximum Gasteiger partial charge on any atom is 0.328 e. The first-order valence-electron chi connectivity index (χ1n) is 8.03. The highest BCUT2D eigenvalue weighted by Crippen LogP contribution is 2.21. The average molecular weight is 367 g/mol. The average Bonchev–Trinajstić information content (AvgIpc) is 2.86. The van der Waals surface area contributed by atoms with E-state index in [1.807, 2.05) is 0 Å². The van der Waals surface area contributed by atoms with Gasteiger partial charge in [-0.15, -0.1) is 0 Å². The lowest BCUT2D eigenvalue weighted by Crippen LogP contribution is -2.30. The Bertz CT molecular complexity index is 774. The van der Waals surface area contributed by atoms with Crippen molar-refractivity contribution >= 4 is 27.7 Å². The molecule has 1 aliphatic rings. The Hall–Kier alpha value is -2.42. The van der Waals surface area contributed by atoms with Gasteiger partial charge in [-0.1, -0.05) is 31.9 Å². The molecule has 1 amide bonds. The normalized spacial score (nSPS) is 16.1. The van der Waals surface area contributed by atoms with Crippen molar-refractivity contribution in [2.45, 2.75) is 31.1 Å². The predicted octanol–water partition coefficient (Wildman–Crippen LogP) is 0.575. The predicted molar refractivity (Wildman–Crippen MR) is 91.7 cm³/mol. The molecule has 0 saturated carbocycles. The van der Waals surface area contributed by atoms with Crippen LogP contribution in [-0.4, -0.2) is 45.8 Å². The second-order valence-electron chi connectivity index (χ2n) is 5.48. The molecule has 1 aromatic carbocycles. The van der Waals surface area contributed by atoms with Crippen LogP contribution in [0.4, 0.5) is 0 Å². The number of ether oxygens (including phenoxy) is 1. The van der Waals surface area contributed by atoms with E-state index in [1.165, 1.54) is 6.07 Å². The zero-order valence-corrected chi connectivity index (χ0v) is 14.8. The zero-order valence-electron chi connectivity index (χ0n) is 13.9. The van der Waals surface area contributed by atoms with Crippen LogP contribution in [0, 0.1) is 0 Å². The summed E-state index contributed by atoms with van der Waals surface area (Å²) in [4.78, 5) is 27.2. The molecular weight excluding hydrogens is 346 g/mol. The van der Waals surface area contributed by atoms with Gasteiger partial charge in [-0.3, -0.25) is 19.3 Å². The Morgan fingerprint density at radius 1 is 1.24 bits per heavy atom. The largest absolute Gasteiger partial charge is 0.454 e. The molecule has 2 N–H and O–H groups in total. The molecule has 8 nitrogen and oxygen atoms in total. The van der Waals surface area contributed by atoms with Gasteiger partial charge in [-0.25, -0.2) is 8.42 Å². The molecule has 0 unspecified atom stereocenters. The molecule has 0 atom stereocenters. The third kappa shape index (κ3) is 5.28. The number of esters is 1. The summed E-state index contributed by atoms with van der Waals surface area (Å²) in [7, 11) is -3.64. The number of carbonyl (C=O) groups is 2. The number of hydrogen-bond acceptors (Lipinski definition) is 6. The minimum Gasteiger partial charge on any atom is -0.454 e. The molecule has 0 aromatic heterocycles. The minimum atomic E-state index is -3.64. The molecule has 1 aliphatic heterocycles. The van der Waals surface area contributed by atoms with E-state index >= 15 is 0 Å². The number of fused-ring (bicyclic) bond motifs is 1. The van der Waals surface area contributed by atoms with Crippen molar-refractivity contribution in [3.63, 3.8) is 0 Å². The monoisotopic (exact) mass is 367 g/mol. The summed E-state index contributed by atoms with van der Waals surface area (Å²) in [6.07, 6.45) is 2.95. The summed E-state index contributed by atoms with van der Waals surface area (Å²) in [6.45, 7) is 1.85. The van der Waals surface area contributed by atoms with Crippen molar-refractivity contribution in [1.82, 2.24) is 10.0 Å². The number of nitrogens with zero attached hydrogens (tertiary/aromatic N) is 1. The summed E-state index contributed by atoms with van der Waals surface area (Å²) in [5, 5.41) is 2.65. The standard InChI is InChI=1S/C16H21N3O5S/c1-2-3-6-9-17-14(20)11-24-15(21)10-18-16-12-7-4-5-8-13(12)25(22,23)19-16/h4-5,7-8H,2-3,6,9-11H2,1H3,(H,17,20)(H,18,19). The number of benzene rings is 1. The fourth-order valence-electron chi connectivity index (χ4n) is 2.24. The van der Waals surface area contributed by atoms with Crippen LogP contribution in [0.2, 0.25) is 0 Å². The number of unbranched alkanes of at least 4 members (excludes halogenated alkanes) is 2. The smallest absolute Gasteiger partial charge is 0.328 e. The first-order valence-corrected chi connectivity index (χ1v) is 9.51. The first-order chi connectivity index (χ1) is 11.9. The highest BCUT2D eigenvalue weighted by atomic mass is 32.2. The Balaban J connectivity index is 1.82. The van der Waals surface area contributed by atoms with Gasteiger partial charge in [0.2, 0.25) is 0 Å². The summed E-state index contributed by atoms with van der Waals surface area (Å²) in [6, 6.07) is 6.34. The molecule has 25 heavy (non-hydrogen) atoms. The highest BCUT2D eigenvalue weighted by Gasteiger charge is 2.30. The molecule has 2 rings (SSSR count). The number of rotatable bonds is 8. The lowest BCUT2D eigenvalue weighted by molar-refractivity contribution is -0.147. The van der Waals surface area contributed by atoms with Crippen LogP contribution >= 0.6 is 0 Å². The van der Waals surface area contributed by atoms with Crippen LogP contribution in [0.5, 0.6) is 0 Å². The summed E-state index contributed by atoms with van der Waals surface area (Å²) in [5.41, 5.74) is 0.406. The lowest BCUT2D eigenvalue weighted by atomic mass is 10.2. The van der Waals surface area contributed by atoms with Crippen molar-refractivity contribution in [2.75, 3.05) is 19.7 Å². The van der Waals surface area contributed by atoms with Gasteiger partial charge in [0.05, 0.1) is 4.90 Å². The fraction of sp³-hybridized carbons (Fsp3) is 0.438. The number of sulfonamides is 1. The molecule has 0 bridgehead atoms. The maximum absolute atomic E-state index is 11.9. The number of carbonyl (C=O) groups excluding carboxylic acids is 2. The van der Waals surface area contributed by atoms with Crippen molar-refractivity contribution in [1.29, 1.82) is 0 Å². The SMILES string of the molecule is CCCCCNC(=O)COC(=O)CN=C1NS(=O)(=O)c2ccccc21. The van der Waals surface area contributed by atoms with Gasteiger partial charge in [0.25, 0.3) is 15.9 Å². The van der Waals surface area contributed by atoms with E-state index in [0.29, 0.717) is 12.1 Å². The summed E-state index contributed by atoms with van der Waals surface area (Å²) >= 11 is 0. The van der Waals surface area contributed by atoms with E-state index in [9.17, 15) is 18.0 Å². The molecule has 0 spiro atoms. The third-order valence-corrected chi connectivity index (χ3v) is 4.89.